The lowest BCUT2D eigenvalue weighted by Gasteiger charge is -2.32. The Hall–Kier alpha value is -2.97. The minimum absolute atomic E-state index is 0.406. The molecule has 0 N–H and O–H groups in total. The fourth-order valence-electron chi connectivity index (χ4n) is 3.83. The predicted octanol–water partition coefficient (Wildman–Crippen LogP) is 3.58. The van der Waals surface area contributed by atoms with Gasteiger partial charge in [0.05, 0.1) is 18.2 Å². The Labute approximate surface area is 159 Å². The second-order valence-electron chi connectivity index (χ2n) is 7.19. The average Bonchev–Trinajstić information content (AvgIpc) is 3.18. The van der Waals surface area contributed by atoms with E-state index in [9.17, 15) is 0 Å². The van der Waals surface area contributed by atoms with E-state index in [1.54, 1.807) is 0 Å². The molecule has 1 unspecified atom stereocenters. The number of aromatic nitrogens is 3. The SMILES string of the molecule is N#Cc1ccc(CN2CCCC(c3nncn3Cc3ccccc3)C2)cc1. The van der Waals surface area contributed by atoms with Crippen molar-refractivity contribution in [1.82, 2.24) is 19.7 Å². The molecule has 1 atom stereocenters. The molecule has 3 aromatic rings. The molecule has 0 bridgehead atoms. The van der Waals surface area contributed by atoms with Crippen molar-refractivity contribution in [3.63, 3.8) is 0 Å². The highest BCUT2D eigenvalue weighted by molar-refractivity contribution is 5.31. The van der Waals surface area contributed by atoms with Crippen molar-refractivity contribution in [2.45, 2.75) is 31.8 Å². The van der Waals surface area contributed by atoms with E-state index in [1.807, 2.05) is 24.5 Å². The summed E-state index contributed by atoms with van der Waals surface area (Å²) >= 11 is 0. The summed E-state index contributed by atoms with van der Waals surface area (Å²) in [5.74, 6) is 1.49. The number of piperidine rings is 1. The van der Waals surface area contributed by atoms with E-state index in [0.717, 1.165) is 38.4 Å². The summed E-state index contributed by atoms with van der Waals surface area (Å²) < 4.78 is 2.19. The third kappa shape index (κ3) is 4.24. The van der Waals surface area contributed by atoms with Crippen LogP contribution in [0.25, 0.3) is 0 Å². The highest BCUT2D eigenvalue weighted by Gasteiger charge is 2.25. The Kier molecular flexibility index (Phi) is 5.27. The van der Waals surface area contributed by atoms with Crippen molar-refractivity contribution in [3.8, 4) is 6.07 Å². The molecule has 0 amide bonds. The van der Waals surface area contributed by atoms with Gasteiger partial charge in [-0.25, -0.2) is 0 Å². The van der Waals surface area contributed by atoms with Gasteiger partial charge in [-0.2, -0.15) is 5.26 Å². The molecule has 2 heterocycles. The third-order valence-corrected chi connectivity index (χ3v) is 5.20. The molecule has 0 aliphatic carbocycles. The maximum Gasteiger partial charge on any atom is 0.137 e. The summed E-state index contributed by atoms with van der Waals surface area (Å²) in [5.41, 5.74) is 3.23. The summed E-state index contributed by atoms with van der Waals surface area (Å²) in [6, 6.07) is 20.5. The molecule has 1 saturated heterocycles. The van der Waals surface area contributed by atoms with E-state index in [2.05, 4.69) is 62.1 Å². The van der Waals surface area contributed by atoms with Crippen molar-refractivity contribution >= 4 is 0 Å². The number of nitrogens with zero attached hydrogens (tertiary/aromatic N) is 5. The van der Waals surface area contributed by atoms with Gasteiger partial charge in [-0.3, -0.25) is 4.90 Å². The summed E-state index contributed by atoms with van der Waals surface area (Å²) in [4.78, 5) is 2.48. The van der Waals surface area contributed by atoms with Crippen LogP contribution in [0.4, 0.5) is 0 Å². The van der Waals surface area contributed by atoms with Gasteiger partial charge in [-0.1, -0.05) is 42.5 Å². The van der Waals surface area contributed by atoms with Crippen LogP contribution in [-0.2, 0) is 13.1 Å². The predicted molar refractivity (Wildman–Crippen MR) is 104 cm³/mol. The molecule has 136 valence electrons. The summed E-state index contributed by atoms with van der Waals surface area (Å²) in [7, 11) is 0. The quantitative estimate of drug-likeness (QED) is 0.700. The lowest BCUT2D eigenvalue weighted by molar-refractivity contribution is 0.194. The Balaban J connectivity index is 1.44. The molecule has 1 aromatic heterocycles. The zero-order chi connectivity index (χ0) is 18.5. The number of hydrogen-bond donors (Lipinski definition) is 0. The van der Waals surface area contributed by atoms with Gasteiger partial charge < -0.3 is 4.57 Å². The second-order valence-corrected chi connectivity index (χ2v) is 7.19. The minimum atomic E-state index is 0.406. The van der Waals surface area contributed by atoms with Crippen molar-refractivity contribution in [2.24, 2.45) is 0 Å². The van der Waals surface area contributed by atoms with Crippen LogP contribution in [-0.4, -0.2) is 32.8 Å². The molecule has 5 heteroatoms. The maximum atomic E-state index is 8.95. The number of rotatable bonds is 5. The van der Waals surface area contributed by atoms with Crippen LogP contribution >= 0.6 is 0 Å². The Morgan fingerprint density at radius 1 is 1.00 bits per heavy atom. The van der Waals surface area contributed by atoms with Gasteiger partial charge in [0.25, 0.3) is 0 Å². The number of benzene rings is 2. The lowest BCUT2D eigenvalue weighted by Crippen LogP contribution is -2.35. The summed E-state index contributed by atoms with van der Waals surface area (Å²) in [6.45, 7) is 3.82. The first kappa shape index (κ1) is 17.4. The van der Waals surface area contributed by atoms with E-state index in [4.69, 9.17) is 5.26 Å². The van der Waals surface area contributed by atoms with Crippen molar-refractivity contribution in [1.29, 1.82) is 5.26 Å². The van der Waals surface area contributed by atoms with Gasteiger partial charge in [0.1, 0.15) is 12.2 Å². The van der Waals surface area contributed by atoms with Gasteiger partial charge in [-0.15, -0.1) is 10.2 Å². The maximum absolute atomic E-state index is 8.95. The molecule has 0 spiro atoms. The molecule has 4 rings (SSSR count). The van der Waals surface area contributed by atoms with Crippen molar-refractivity contribution in [2.75, 3.05) is 13.1 Å². The lowest BCUT2D eigenvalue weighted by atomic mass is 9.96. The second kappa shape index (κ2) is 8.15. The Morgan fingerprint density at radius 3 is 2.56 bits per heavy atom. The smallest absolute Gasteiger partial charge is 0.137 e. The van der Waals surface area contributed by atoms with E-state index < -0.39 is 0 Å². The number of nitriles is 1. The molecular formula is C22H23N5. The molecule has 1 aliphatic rings. The molecule has 5 nitrogen and oxygen atoms in total. The van der Waals surface area contributed by atoms with Gasteiger partial charge in [0.15, 0.2) is 0 Å². The molecule has 1 fully saturated rings. The summed E-state index contributed by atoms with van der Waals surface area (Å²) in [6.07, 6.45) is 4.17. The van der Waals surface area contributed by atoms with Crippen LogP contribution in [0.3, 0.4) is 0 Å². The van der Waals surface area contributed by atoms with Gasteiger partial charge in [0, 0.05) is 19.0 Å². The minimum Gasteiger partial charge on any atom is -0.313 e. The zero-order valence-corrected chi connectivity index (χ0v) is 15.3. The largest absolute Gasteiger partial charge is 0.313 e. The van der Waals surface area contributed by atoms with Crippen LogP contribution in [0.1, 0.15) is 41.3 Å². The van der Waals surface area contributed by atoms with E-state index in [1.165, 1.54) is 17.5 Å². The van der Waals surface area contributed by atoms with E-state index >= 15 is 0 Å². The topological polar surface area (TPSA) is 57.7 Å². The van der Waals surface area contributed by atoms with Gasteiger partial charge in [-0.05, 0) is 42.6 Å². The first-order valence-electron chi connectivity index (χ1n) is 9.45. The molecular weight excluding hydrogens is 334 g/mol. The first-order chi connectivity index (χ1) is 13.3. The number of likely N-dealkylation sites (tertiary alicyclic amines) is 1. The standard InChI is InChI=1S/C22H23N5/c23-13-18-8-10-20(11-9-18)14-26-12-4-7-21(16-26)22-25-24-17-27(22)15-19-5-2-1-3-6-19/h1-3,5-6,8-11,17,21H,4,7,12,14-16H2. The van der Waals surface area contributed by atoms with Crippen molar-refractivity contribution in [3.05, 3.63) is 83.4 Å². The van der Waals surface area contributed by atoms with Crippen LogP contribution in [0.2, 0.25) is 0 Å². The molecule has 2 aromatic carbocycles. The van der Waals surface area contributed by atoms with Crippen molar-refractivity contribution < 1.29 is 0 Å². The molecule has 0 radical (unpaired) electrons. The third-order valence-electron chi connectivity index (χ3n) is 5.20. The molecule has 27 heavy (non-hydrogen) atoms. The normalized spacial score (nSPS) is 17.5. The zero-order valence-electron chi connectivity index (χ0n) is 15.3. The average molecular weight is 357 g/mol. The van der Waals surface area contributed by atoms with Crippen LogP contribution in [0.15, 0.2) is 60.9 Å². The van der Waals surface area contributed by atoms with Crippen LogP contribution in [0, 0.1) is 11.3 Å². The fourth-order valence-corrected chi connectivity index (χ4v) is 3.83. The van der Waals surface area contributed by atoms with E-state index in [-0.39, 0.29) is 0 Å². The first-order valence-corrected chi connectivity index (χ1v) is 9.45. The molecule has 1 aliphatic heterocycles. The van der Waals surface area contributed by atoms with Crippen LogP contribution < -0.4 is 0 Å². The fraction of sp³-hybridized carbons (Fsp3) is 0.318. The molecule has 0 saturated carbocycles. The van der Waals surface area contributed by atoms with E-state index in [0.29, 0.717) is 11.5 Å². The highest BCUT2D eigenvalue weighted by Crippen LogP contribution is 2.27. The van der Waals surface area contributed by atoms with Crippen LogP contribution in [0.5, 0.6) is 0 Å². The highest BCUT2D eigenvalue weighted by atomic mass is 15.3. The van der Waals surface area contributed by atoms with Gasteiger partial charge >= 0.3 is 0 Å². The number of hydrogen-bond acceptors (Lipinski definition) is 4. The Morgan fingerprint density at radius 2 is 1.78 bits per heavy atom. The monoisotopic (exact) mass is 357 g/mol. The van der Waals surface area contributed by atoms with Gasteiger partial charge in [0.2, 0.25) is 0 Å². The Bertz CT molecular complexity index is 908. The summed E-state index contributed by atoms with van der Waals surface area (Å²) in [5, 5.41) is 17.6.